The van der Waals surface area contributed by atoms with E-state index in [-0.39, 0.29) is 31.0 Å². The van der Waals surface area contributed by atoms with E-state index >= 15 is 0 Å². The first-order valence-electron chi connectivity index (χ1n) is 12.0. The summed E-state index contributed by atoms with van der Waals surface area (Å²) in [4.78, 5) is 0. The maximum atomic E-state index is 9.42. The van der Waals surface area contributed by atoms with Gasteiger partial charge in [-0.05, 0) is 29.5 Å². The van der Waals surface area contributed by atoms with Crippen LogP contribution in [-0.2, 0) is 38.8 Å². The first kappa shape index (κ1) is 24.6. The van der Waals surface area contributed by atoms with Crippen molar-refractivity contribution in [3.8, 4) is 0 Å². The van der Waals surface area contributed by atoms with Gasteiger partial charge in [0.2, 0.25) is 0 Å². The fourth-order valence-electron chi connectivity index (χ4n) is 4.27. The highest BCUT2D eigenvalue weighted by atomic mass is 16.6. The molecule has 34 heavy (non-hydrogen) atoms. The molecule has 1 N–H and O–H groups in total. The molecule has 1 heterocycles. The summed E-state index contributed by atoms with van der Waals surface area (Å²) >= 11 is 0. The van der Waals surface area contributed by atoms with Crippen molar-refractivity contribution in [2.75, 3.05) is 13.2 Å². The van der Waals surface area contributed by atoms with Crippen LogP contribution in [0, 0.1) is 0 Å². The Morgan fingerprint density at radius 1 is 0.618 bits per heavy atom. The van der Waals surface area contributed by atoms with Crippen LogP contribution < -0.4 is 0 Å². The van der Waals surface area contributed by atoms with Crippen LogP contribution in [0.2, 0.25) is 0 Å². The Labute approximate surface area is 202 Å². The Balaban J connectivity index is 1.45. The van der Waals surface area contributed by atoms with Crippen LogP contribution in [0.3, 0.4) is 0 Å². The molecular formula is C29H34O5. The van der Waals surface area contributed by atoms with E-state index in [1.807, 2.05) is 54.6 Å². The largest absolute Gasteiger partial charge is 0.396 e. The summed E-state index contributed by atoms with van der Waals surface area (Å²) in [6, 6.07) is 30.4. The van der Waals surface area contributed by atoms with Crippen molar-refractivity contribution in [1.29, 1.82) is 0 Å². The van der Waals surface area contributed by atoms with E-state index in [2.05, 4.69) is 36.4 Å². The second-order valence-corrected chi connectivity index (χ2v) is 8.60. The number of ether oxygens (including phenoxy) is 4. The van der Waals surface area contributed by atoms with E-state index in [9.17, 15) is 5.11 Å². The molecule has 4 atom stereocenters. The van der Waals surface area contributed by atoms with Crippen molar-refractivity contribution in [3.05, 3.63) is 108 Å². The molecule has 0 radical (unpaired) electrons. The maximum Gasteiger partial charge on any atom is 0.115 e. The van der Waals surface area contributed by atoms with Gasteiger partial charge in [0, 0.05) is 6.61 Å². The molecule has 3 aromatic rings. The highest BCUT2D eigenvalue weighted by molar-refractivity contribution is 5.15. The van der Waals surface area contributed by atoms with Crippen LogP contribution in [0.5, 0.6) is 0 Å². The van der Waals surface area contributed by atoms with Crippen molar-refractivity contribution in [2.45, 2.75) is 57.1 Å². The minimum absolute atomic E-state index is 0.121. The Bertz CT molecular complexity index is 935. The van der Waals surface area contributed by atoms with Gasteiger partial charge in [-0.25, -0.2) is 0 Å². The van der Waals surface area contributed by atoms with Gasteiger partial charge in [-0.1, -0.05) is 91.0 Å². The fraction of sp³-hybridized carbons (Fsp3) is 0.379. The normalized spacial score (nSPS) is 22.1. The summed E-state index contributed by atoms with van der Waals surface area (Å²) in [6.45, 7) is 2.00. The van der Waals surface area contributed by atoms with Crippen molar-refractivity contribution in [1.82, 2.24) is 0 Å². The van der Waals surface area contributed by atoms with Gasteiger partial charge in [-0.3, -0.25) is 0 Å². The monoisotopic (exact) mass is 462 g/mol. The topological polar surface area (TPSA) is 57.2 Å². The Hall–Kier alpha value is -2.54. The lowest BCUT2D eigenvalue weighted by molar-refractivity contribution is -0.0898. The van der Waals surface area contributed by atoms with Gasteiger partial charge >= 0.3 is 0 Å². The van der Waals surface area contributed by atoms with Gasteiger partial charge < -0.3 is 24.1 Å². The molecule has 180 valence electrons. The number of hydrogen-bond donors (Lipinski definition) is 1. The zero-order chi connectivity index (χ0) is 23.4. The number of aliphatic hydroxyl groups is 1. The molecule has 0 aromatic heterocycles. The van der Waals surface area contributed by atoms with Gasteiger partial charge in [0.15, 0.2) is 0 Å². The smallest absolute Gasteiger partial charge is 0.115 e. The number of hydrogen-bond acceptors (Lipinski definition) is 5. The van der Waals surface area contributed by atoms with Crippen molar-refractivity contribution in [2.24, 2.45) is 0 Å². The molecule has 0 amide bonds. The lowest BCUT2D eigenvalue weighted by Gasteiger charge is -2.25. The molecule has 5 heteroatoms. The van der Waals surface area contributed by atoms with Crippen LogP contribution >= 0.6 is 0 Å². The van der Waals surface area contributed by atoms with E-state index in [1.54, 1.807) is 0 Å². The predicted octanol–water partition coefficient (Wildman–Crippen LogP) is 4.91. The summed E-state index contributed by atoms with van der Waals surface area (Å²) in [5, 5.41) is 9.42. The van der Waals surface area contributed by atoms with Gasteiger partial charge in [-0.15, -0.1) is 0 Å². The number of aliphatic hydroxyl groups excluding tert-OH is 1. The van der Waals surface area contributed by atoms with E-state index < -0.39 is 0 Å². The Morgan fingerprint density at radius 2 is 1.09 bits per heavy atom. The van der Waals surface area contributed by atoms with Crippen molar-refractivity contribution >= 4 is 0 Å². The predicted molar refractivity (Wildman–Crippen MR) is 131 cm³/mol. The molecule has 0 aliphatic carbocycles. The standard InChI is InChI=1S/C29H34O5/c30-18-10-17-26-28(32-20-24-13-6-2-7-14-24)29(33-21-25-15-8-3-9-16-25)27(34-26)22-31-19-23-11-4-1-5-12-23/h1-9,11-16,26-30H,10,17-22H2/t26-,27+,28+,29+/m0/s1. The highest BCUT2D eigenvalue weighted by Crippen LogP contribution is 2.31. The van der Waals surface area contributed by atoms with Gasteiger partial charge in [0.25, 0.3) is 0 Å². The first-order chi connectivity index (χ1) is 16.8. The van der Waals surface area contributed by atoms with Crippen molar-refractivity contribution < 1.29 is 24.1 Å². The van der Waals surface area contributed by atoms with Crippen molar-refractivity contribution in [3.63, 3.8) is 0 Å². The third-order valence-corrected chi connectivity index (χ3v) is 6.02. The van der Waals surface area contributed by atoms with Crippen LogP contribution in [0.1, 0.15) is 29.5 Å². The molecule has 0 saturated carbocycles. The molecule has 5 nitrogen and oxygen atoms in total. The summed E-state index contributed by atoms with van der Waals surface area (Å²) in [6.07, 6.45) is 0.415. The molecular weight excluding hydrogens is 428 g/mol. The molecule has 0 unspecified atom stereocenters. The minimum Gasteiger partial charge on any atom is -0.396 e. The molecule has 1 aliphatic heterocycles. The molecule has 1 fully saturated rings. The number of rotatable bonds is 13. The van der Waals surface area contributed by atoms with Gasteiger partial charge in [-0.2, -0.15) is 0 Å². The van der Waals surface area contributed by atoms with E-state index in [1.165, 1.54) is 0 Å². The van der Waals surface area contributed by atoms with Crippen LogP contribution in [0.15, 0.2) is 91.0 Å². The van der Waals surface area contributed by atoms with Gasteiger partial charge in [0.05, 0.1) is 32.5 Å². The lowest BCUT2D eigenvalue weighted by Crippen LogP contribution is -2.39. The SMILES string of the molecule is OCCC[C@@H]1O[C@H](COCc2ccccc2)[C@@H](OCc2ccccc2)[C@@H]1OCc1ccccc1. The quantitative estimate of drug-likeness (QED) is 0.391. The summed E-state index contributed by atoms with van der Waals surface area (Å²) in [7, 11) is 0. The average Bonchev–Trinajstić information content (AvgIpc) is 3.22. The van der Waals surface area contributed by atoms with E-state index in [0.29, 0.717) is 39.3 Å². The summed E-state index contributed by atoms with van der Waals surface area (Å²) in [5.74, 6) is 0. The van der Waals surface area contributed by atoms with Gasteiger partial charge in [0.1, 0.15) is 18.3 Å². The zero-order valence-corrected chi connectivity index (χ0v) is 19.5. The highest BCUT2D eigenvalue weighted by Gasteiger charge is 2.46. The fourth-order valence-corrected chi connectivity index (χ4v) is 4.27. The molecule has 3 aromatic carbocycles. The second kappa shape index (κ2) is 13.4. The summed E-state index contributed by atoms with van der Waals surface area (Å²) < 4.78 is 25.3. The van der Waals surface area contributed by atoms with E-state index in [0.717, 1.165) is 16.7 Å². The Morgan fingerprint density at radius 3 is 1.59 bits per heavy atom. The third-order valence-electron chi connectivity index (χ3n) is 6.02. The molecule has 1 aliphatic rings. The second-order valence-electron chi connectivity index (χ2n) is 8.60. The minimum atomic E-state index is -0.275. The van der Waals surface area contributed by atoms with Crippen LogP contribution in [0.4, 0.5) is 0 Å². The number of benzene rings is 3. The van der Waals surface area contributed by atoms with Crippen LogP contribution in [0.25, 0.3) is 0 Å². The first-order valence-corrected chi connectivity index (χ1v) is 12.0. The average molecular weight is 463 g/mol. The van der Waals surface area contributed by atoms with E-state index in [4.69, 9.17) is 18.9 Å². The third kappa shape index (κ3) is 7.23. The summed E-state index contributed by atoms with van der Waals surface area (Å²) in [5.41, 5.74) is 3.33. The molecule has 1 saturated heterocycles. The van der Waals surface area contributed by atoms with Crippen LogP contribution in [-0.4, -0.2) is 42.7 Å². The molecule has 4 rings (SSSR count). The molecule has 0 bridgehead atoms. The maximum absolute atomic E-state index is 9.42. The molecule has 0 spiro atoms. The lowest BCUT2D eigenvalue weighted by atomic mass is 10.0. The Kier molecular flexibility index (Phi) is 9.67. The zero-order valence-electron chi connectivity index (χ0n) is 19.5.